The predicted octanol–water partition coefficient (Wildman–Crippen LogP) is 2.29. The number of hydrogen-bond acceptors (Lipinski definition) is 2. The zero-order chi connectivity index (χ0) is 10.3. The molecule has 0 aliphatic heterocycles. The summed E-state index contributed by atoms with van der Waals surface area (Å²) in [4.78, 5) is 0. The Hall–Kier alpha value is -0.0800. The molecule has 0 aromatic heterocycles. The zero-order valence-corrected chi connectivity index (χ0v) is 9.76. The molecule has 0 rings (SSSR count). The van der Waals surface area contributed by atoms with E-state index in [2.05, 4.69) is 33.0 Å². The van der Waals surface area contributed by atoms with Crippen LogP contribution in [0, 0.1) is 11.8 Å². The molecule has 1 N–H and O–H groups in total. The molecule has 0 saturated heterocycles. The standard InChI is InChI=1S/C11H25NO/c1-6-12-11(8-13-7-2)10(5)9(3)4/h9-12H,6-8H2,1-5H3. The van der Waals surface area contributed by atoms with E-state index in [-0.39, 0.29) is 0 Å². The first-order valence-electron chi connectivity index (χ1n) is 5.44. The minimum absolute atomic E-state index is 0.505. The second-order valence-electron chi connectivity index (χ2n) is 3.93. The third-order valence-electron chi connectivity index (χ3n) is 2.65. The van der Waals surface area contributed by atoms with E-state index in [9.17, 15) is 0 Å². The van der Waals surface area contributed by atoms with Crippen molar-refractivity contribution in [2.24, 2.45) is 11.8 Å². The van der Waals surface area contributed by atoms with Crippen LogP contribution in [0.15, 0.2) is 0 Å². The van der Waals surface area contributed by atoms with Gasteiger partial charge in [-0.2, -0.15) is 0 Å². The monoisotopic (exact) mass is 187 g/mol. The quantitative estimate of drug-likeness (QED) is 0.660. The van der Waals surface area contributed by atoms with Gasteiger partial charge < -0.3 is 10.1 Å². The summed E-state index contributed by atoms with van der Waals surface area (Å²) in [5.41, 5.74) is 0. The zero-order valence-electron chi connectivity index (χ0n) is 9.76. The maximum Gasteiger partial charge on any atom is 0.0622 e. The Bertz CT molecular complexity index is 115. The van der Waals surface area contributed by atoms with Crippen LogP contribution in [0.5, 0.6) is 0 Å². The molecule has 0 amide bonds. The lowest BCUT2D eigenvalue weighted by molar-refractivity contribution is 0.0968. The molecule has 80 valence electrons. The van der Waals surface area contributed by atoms with Crippen LogP contribution in [0.2, 0.25) is 0 Å². The summed E-state index contributed by atoms with van der Waals surface area (Å²) in [7, 11) is 0. The first-order chi connectivity index (χ1) is 6.13. The fourth-order valence-electron chi connectivity index (χ4n) is 1.37. The number of rotatable bonds is 7. The Kier molecular flexibility index (Phi) is 7.29. The van der Waals surface area contributed by atoms with Crippen molar-refractivity contribution < 1.29 is 4.74 Å². The lowest BCUT2D eigenvalue weighted by Gasteiger charge is -2.27. The molecule has 0 heterocycles. The fraction of sp³-hybridized carbons (Fsp3) is 1.00. The van der Waals surface area contributed by atoms with Crippen LogP contribution in [0.1, 0.15) is 34.6 Å². The first kappa shape index (κ1) is 12.9. The van der Waals surface area contributed by atoms with E-state index in [1.54, 1.807) is 0 Å². The van der Waals surface area contributed by atoms with Gasteiger partial charge in [0.25, 0.3) is 0 Å². The fourth-order valence-corrected chi connectivity index (χ4v) is 1.37. The van der Waals surface area contributed by atoms with Crippen LogP contribution in [-0.4, -0.2) is 25.8 Å². The summed E-state index contributed by atoms with van der Waals surface area (Å²) in [6.45, 7) is 13.7. The molecule has 0 aliphatic carbocycles. The molecule has 0 spiro atoms. The maximum atomic E-state index is 5.46. The van der Waals surface area contributed by atoms with Crippen LogP contribution >= 0.6 is 0 Å². The summed E-state index contributed by atoms with van der Waals surface area (Å²) in [5.74, 6) is 1.39. The molecule has 13 heavy (non-hydrogen) atoms. The van der Waals surface area contributed by atoms with Crippen molar-refractivity contribution in [3.05, 3.63) is 0 Å². The van der Waals surface area contributed by atoms with E-state index in [1.165, 1.54) is 0 Å². The lowest BCUT2D eigenvalue weighted by Crippen LogP contribution is -2.40. The van der Waals surface area contributed by atoms with E-state index >= 15 is 0 Å². The van der Waals surface area contributed by atoms with Crippen LogP contribution < -0.4 is 5.32 Å². The average molecular weight is 187 g/mol. The van der Waals surface area contributed by atoms with Gasteiger partial charge in [0.1, 0.15) is 0 Å². The second kappa shape index (κ2) is 7.34. The Labute approximate surface area is 83.1 Å². The van der Waals surface area contributed by atoms with E-state index in [0.717, 1.165) is 19.8 Å². The molecule has 0 radical (unpaired) electrons. The topological polar surface area (TPSA) is 21.3 Å². The van der Waals surface area contributed by atoms with Gasteiger partial charge in [0.05, 0.1) is 6.61 Å². The molecule has 0 saturated carbocycles. The van der Waals surface area contributed by atoms with Crippen molar-refractivity contribution in [1.82, 2.24) is 5.32 Å². The molecule has 2 atom stereocenters. The van der Waals surface area contributed by atoms with Gasteiger partial charge >= 0.3 is 0 Å². The lowest BCUT2D eigenvalue weighted by atomic mass is 9.91. The molecule has 0 bridgehead atoms. The largest absolute Gasteiger partial charge is 0.380 e. The van der Waals surface area contributed by atoms with Crippen molar-refractivity contribution >= 4 is 0 Å². The molecule has 2 nitrogen and oxygen atoms in total. The van der Waals surface area contributed by atoms with Gasteiger partial charge in [0.15, 0.2) is 0 Å². The molecule has 0 aliphatic rings. The third kappa shape index (κ3) is 5.27. The number of hydrogen-bond donors (Lipinski definition) is 1. The van der Waals surface area contributed by atoms with E-state index in [4.69, 9.17) is 4.74 Å². The van der Waals surface area contributed by atoms with E-state index < -0.39 is 0 Å². The van der Waals surface area contributed by atoms with Gasteiger partial charge in [-0.3, -0.25) is 0 Å². The molecular formula is C11H25NO. The van der Waals surface area contributed by atoms with Crippen LogP contribution in [0.25, 0.3) is 0 Å². The Morgan fingerprint density at radius 1 is 1.15 bits per heavy atom. The summed E-state index contributed by atoms with van der Waals surface area (Å²) >= 11 is 0. The molecule has 0 aromatic rings. The molecule has 2 unspecified atom stereocenters. The van der Waals surface area contributed by atoms with Crippen LogP contribution in [0.3, 0.4) is 0 Å². The van der Waals surface area contributed by atoms with Crippen LogP contribution in [0.4, 0.5) is 0 Å². The minimum atomic E-state index is 0.505. The van der Waals surface area contributed by atoms with E-state index in [1.807, 2.05) is 6.92 Å². The summed E-state index contributed by atoms with van der Waals surface area (Å²) in [5, 5.41) is 3.47. The van der Waals surface area contributed by atoms with Crippen molar-refractivity contribution in [2.45, 2.75) is 40.7 Å². The number of ether oxygens (including phenoxy) is 1. The summed E-state index contributed by atoms with van der Waals surface area (Å²) in [6.07, 6.45) is 0. The Balaban J connectivity index is 3.90. The summed E-state index contributed by atoms with van der Waals surface area (Å²) < 4.78 is 5.46. The maximum absolute atomic E-state index is 5.46. The van der Waals surface area contributed by atoms with Crippen LogP contribution in [-0.2, 0) is 4.74 Å². The van der Waals surface area contributed by atoms with Gasteiger partial charge in [0.2, 0.25) is 0 Å². The Morgan fingerprint density at radius 3 is 2.15 bits per heavy atom. The SMILES string of the molecule is CCNC(COCC)C(C)C(C)C. The molecular weight excluding hydrogens is 162 g/mol. The highest BCUT2D eigenvalue weighted by Crippen LogP contribution is 2.14. The van der Waals surface area contributed by atoms with Gasteiger partial charge in [-0.15, -0.1) is 0 Å². The van der Waals surface area contributed by atoms with Crippen molar-refractivity contribution in [3.8, 4) is 0 Å². The third-order valence-corrected chi connectivity index (χ3v) is 2.65. The molecule has 0 fully saturated rings. The second-order valence-corrected chi connectivity index (χ2v) is 3.93. The number of likely N-dealkylation sites (N-methyl/N-ethyl adjacent to an activating group) is 1. The highest BCUT2D eigenvalue weighted by atomic mass is 16.5. The van der Waals surface area contributed by atoms with Crippen molar-refractivity contribution in [3.63, 3.8) is 0 Å². The smallest absolute Gasteiger partial charge is 0.0622 e. The first-order valence-corrected chi connectivity index (χ1v) is 5.44. The average Bonchev–Trinajstić information content (AvgIpc) is 2.11. The van der Waals surface area contributed by atoms with E-state index in [0.29, 0.717) is 17.9 Å². The predicted molar refractivity (Wildman–Crippen MR) is 58.0 cm³/mol. The van der Waals surface area contributed by atoms with Gasteiger partial charge in [-0.1, -0.05) is 27.7 Å². The summed E-state index contributed by atoms with van der Waals surface area (Å²) in [6, 6.07) is 0.505. The highest BCUT2D eigenvalue weighted by molar-refractivity contribution is 4.74. The number of nitrogens with one attached hydrogen (secondary N) is 1. The van der Waals surface area contributed by atoms with Gasteiger partial charge in [-0.25, -0.2) is 0 Å². The van der Waals surface area contributed by atoms with Gasteiger partial charge in [0, 0.05) is 12.6 Å². The normalized spacial score (nSPS) is 16.2. The van der Waals surface area contributed by atoms with Crippen molar-refractivity contribution in [2.75, 3.05) is 19.8 Å². The minimum Gasteiger partial charge on any atom is -0.380 e. The molecule has 0 aromatic carbocycles. The Morgan fingerprint density at radius 2 is 1.77 bits per heavy atom. The van der Waals surface area contributed by atoms with Crippen molar-refractivity contribution in [1.29, 1.82) is 0 Å². The molecule has 2 heteroatoms. The van der Waals surface area contributed by atoms with Gasteiger partial charge in [-0.05, 0) is 25.3 Å². The highest BCUT2D eigenvalue weighted by Gasteiger charge is 2.18.